The van der Waals surface area contributed by atoms with E-state index in [1.807, 2.05) is 146 Å². The lowest BCUT2D eigenvalue weighted by molar-refractivity contribution is -0.131. The van der Waals surface area contributed by atoms with E-state index in [0.717, 1.165) is 65.6 Å². The number of carbonyl (C=O) groups is 6. The lowest BCUT2D eigenvalue weighted by Gasteiger charge is -2.26. The number of H-pyrrole nitrogens is 2. The predicted molar refractivity (Wildman–Crippen MR) is 282 cm³/mol. The maximum atomic E-state index is 13.5. The average molecular weight is 971 g/mol. The number of nitrogens with two attached hydrogens (primary N) is 2. The second kappa shape index (κ2) is 23.1. The number of para-hydroxylation sites is 2. The standard InChI is InChI=1S/2C28H31N5O3/c1-28(2,29)27(36)32-24(14-19-10-7-9-18-8-3-4-11-21(18)19)26(35)33-25(31-17-34)15-20-16-30-23-13-6-5-12-22(20)23;1-28(2,29)27(36)32-24(14-18-11-12-19-7-3-4-8-20(19)13-18)26(35)33-25(31-17-34)15-21-16-30-23-10-6-5-9-22(21)23/h2*3-13,16-17,24-25,30H,14-15,29H2,1-2H3,(H,31,34)(H,32,36)(H,33,35)/t2*24-,25-/m11/s1. The smallest absolute Gasteiger partial charge is 0.244 e. The van der Waals surface area contributed by atoms with Crippen LogP contribution in [0.4, 0.5) is 0 Å². The highest BCUT2D eigenvalue weighted by Gasteiger charge is 2.31. The normalized spacial score (nSPS) is 13.2. The Hall–Kier alpha value is -8.34. The van der Waals surface area contributed by atoms with Gasteiger partial charge in [0, 0.05) is 59.9 Å². The van der Waals surface area contributed by atoms with E-state index in [-0.39, 0.29) is 12.8 Å². The van der Waals surface area contributed by atoms with Crippen molar-refractivity contribution in [3.05, 3.63) is 168 Å². The van der Waals surface area contributed by atoms with Crippen molar-refractivity contribution in [1.82, 2.24) is 41.9 Å². The highest BCUT2D eigenvalue weighted by Crippen LogP contribution is 2.23. The maximum Gasteiger partial charge on any atom is 0.244 e. The van der Waals surface area contributed by atoms with E-state index < -0.39 is 59.1 Å². The van der Waals surface area contributed by atoms with Gasteiger partial charge < -0.3 is 53.3 Å². The summed E-state index contributed by atoms with van der Waals surface area (Å²) in [5, 5.41) is 22.9. The van der Waals surface area contributed by atoms with E-state index in [1.165, 1.54) is 0 Å². The minimum Gasteiger partial charge on any atom is -0.361 e. The van der Waals surface area contributed by atoms with Gasteiger partial charge in [-0.2, -0.15) is 0 Å². The third-order valence-corrected chi connectivity index (χ3v) is 12.3. The third-order valence-electron chi connectivity index (χ3n) is 12.3. The Kier molecular flexibility index (Phi) is 16.5. The number of hydrogen-bond acceptors (Lipinski definition) is 8. The molecule has 2 heterocycles. The summed E-state index contributed by atoms with van der Waals surface area (Å²) in [4.78, 5) is 81.5. The zero-order valence-corrected chi connectivity index (χ0v) is 40.8. The Balaban J connectivity index is 0.000000211. The lowest BCUT2D eigenvalue weighted by Crippen LogP contribution is -2.59. The minimum atomic E-state index is -1.16. The van der Waals surface area contributed by atoms with Gasteiger partial charge >= 0.3 is 0 Å². The van der Waals surface area contributed by atoms with Crippen LogP contribution in [0.25, 0.3) is 43.4 Å². The van der Waals surface area contributed by atoms with Gasteiger partial charge in [0.1, 0.15) is 24.4 Å². The van der Waals surface area contributed by atoms with Gasteiger partial charge in [0.2, 0.25) is 36.4 Å². The molecule has 0 fully saturated rings. The molecule has 0 spiro atoms. The van der Waals surface area contributed by atoms with Crippen LogP contribution in [0, 0.1) is 0 Å². The molecule has 16 heteroatoms. The maximum absolute atomic E-state index is 13.5. The molecule has 8 aromatic rings. The van der Waals surface area contributed by atoms with Crippen LogP contribution in [0.1, 0.15) is 49.9 Å². The van der Waals surface area contributed by atoms with Crippen molar-refractivity contribution < 1.29 is 28.8 Å². The number of amides is 6. The zero-order chi connectivity index (χ0) is 51.4. The molecule has 372 valence electrons. The van der Waals surface area contributed by atoms with Gasteiger partial charge in [-0.3, -0.25) is 28.8 Å². The van der Waals surface area contributed by atoms with Crippen LogP contribution >= 0.6 is 0 Å². The summed E-state index contributed by atoms with van der Waals surface area (Å²) in [6, 6.07) is 41.5. The Bertz CT molecular complexity index is 3190. The SMILES string of the molecule is CC(C)(N)C(=O)N[C@H](Cc1ccc2ccccc2c1)C(=O)N[C@H](Cc1c[nH]c2ccccc12)NC=O.CC(C)(N)C(=O)N[C@H](Cc1cccc2ccccc12)C(=O)N[C@H](Cc1c[nH]c2ccccc12)NC=O. The van der Waals surface area contributed by atoms with E-state index in [0.29, 0.717) is 25.7 Å². The van der Waals surface area contributed by atoms with Crippen LogP contribution in [0.15, 0.2) is 146 Å². The molecule has 0 aliphatic carbocycles. The molecule has 16 nitrogen and oxygen atoms in total. The number of fused-ring (bicyclic) bond motifs is 4. The molecule has 0 unspecified atom stereocenters. The number of hydrogen-bond donors (Lipinski definition) is 10. The average Bonchev–Trinajstić information content (AvgIpc) is 3.96. The molecule has 12 N–H and O–H groups in total. The first-order chi connectivity index (χ1) is 34.5. The number of aromatic nitrogens is 2. The number of carbonyl (C=O) groups excluding carboxylic acids is 6. The van der Waals surface area contributed by atoms with Crippen LogP contribution in [0.5, 0.6) is 0 Å². The van der Waals surface area contributed by atoms with Crippen molar-refractivity contribution in [3.63, 3.8) is 0 Å². The molecular formula is C56H62N10O6. The number of nitrogens with one attached hydrogen (secondary N) is 8. The van der Waals surface area contributed by atoms with Crippen LogP contribution < -0.4 is 43.4 Å². The first-order valence-corrected chi connectivity index (χ1v) is 23.7. The first kappa shape index (κ1) is 51.5. The van der Waals surface area contributed by atoms with Gasteiger partial charge in [0.05, 0.1) is 11.1 Å². The molecule has 6 amide bonds. The summed E-state index contributed by atoms with van der Waals surface area (Å²) in [6.07, 6.45) is 4.75. The van der Waals surface area contributed by atoms with Crippen LogP contribution in [-0.2, 0) is 54.5 Å². The zero-order valence-electron chi connectivity index (χ0n) is 40.8. The molecule has 4 atom stereocenters. The van der Waals surface area contributed by atoms with E-state index in [1.54, 1.807) is 27.7 Å². The first-order valence-electron chi connectivity index (χ1n) is 23.7. The molecule has 0 radical (unpaired) electrons. The summed E-state index contributed by atoms with van der Waals surface area (Å²) in [6.45, 7) is 6.34. The molecule has 0 saturated heterocycles. The molecule has 0 aliphatic rings. The van der Waals surface area contributed by atoms with Crippen LogP contribution in [0.2, 0.25) is 0 Å². The fourth-order valence-corrected chi connectivity index (χ4v) is 8.45. The van der Waals surface area contributed by atoms with E-state index in [4.69, 9.17) is 11.5 Å². The number of aromatic amines is 2. The molecule has 0 bridgehead atoms. The van der Waals surface area contributed by atoms with Gasteiger partial charge in [-0.05, 0) is 83.6 Å². The van der Waals surface area contributed by atoms with Gasteiger partial charge in [-0.15, -0.1) is 0 Å². The van der Waals surface area contributed by atoms with Crippen molar-refractivity contribution in [2.75, 3.05) is 0 Å². The molecule has 6 aromatic carbocycles. The van der Waals surface area contributed by atoms with Crippen molar-refractivity contribution in [2.24, 2.45) is 11.5 Å². The molecule has 72 heavy (non-hydrogen) atoms. The number of benzene rings is 6. The van der Waals surface area contributed by atoms with Gasteiger partial charge in [-0.25, -0.2) is 0 Å². The summed E-state index contributed by atoms with van der Waals surface area (Å²) >= 11 is 0. The predicted octanol–water partition coefficient (Wildman–Crippen LogP) is 5.03. The summed E-state index contributed by atoms with van der Waals surface area (Å²) in [5.74, 6) is -1.72. The van der Waals surface area contributed by atoms with Crippen molar-refractivity contribution in [1.29, 1.82) is 0 Å². The molecule has 0 saturated carbocycles. The van der Waals surface area contributed by atoms with E-state index in [2.05, 4.69) is 41.9 Å². The van der Waals surface area contributed by atoms with Gasteiger partial charge in [0.15, 0.2) is 0 Å². The fourth-order valence-electron chi connectivity index (χ4n) is 8.45. The van der Waals surface area contributed by atoms with E-state index in [9.17, 15) is 28.8 Å². The Morgan fingerprint density at radius 1 is 0.486 bits per heavy atom. The molecule has 0 aliphatic heterocycles. The van der Waals surface area contributed by atoms with Crippen molar-refractivity contribution in [3.8, 4) is 0 Å². The Morgan fingerprint density at radius 3 is 1.44 bits per heavy atom. The minimum absolute atomic E-state index is 0.260. The second-order valence-electron chi connectivity index (χ2n) is 19.0. The van der Waals surface area contributed by atoms with Gasteiger partial charge in [-0.1, -0.05) is 121 Å². The lowest BCUT2D eigenvalue weighted by atomic mass is 9.97. The van der Waals surface area contributed by atoms with Crippen molar-refractivity contribution >= 4 is 79.8 Å². The summed E-state index contributed by atoms with van der Waals surface area (Å²) in [7, 11) is 0. The second-order valence-corrected chi connectivity index (χ2v) is 19.0. The van der Waals surface area contributed by atoms with E-state index >= 15 is 0 Å². The molecule has 8 rings (SSSR count). The van der Waals surface area contributed by atoms with Gasteiger partial charge in [0.25, 0.3) is 0 Å². The van der Waals surface area contributed by atoms with Crippen molar-refractivity contribution in [2.45, 2.75) is 88.9 Å². The highest BCUT2D eigenvalue weighted by molar-refractivity contribution is 5.94. The highest BCUT2D eigenvalue weighted by atomic mass is 16.2. The fraction of sp³-hybridized carbons (Fsp3) is 0.250. The largest absolute Gasteiger partial charge is 0.361 e. The van der Waals surface area contributed by atoms with Crippen LogP contribution in [0.3, 0.4) is 0 Å². The Labute approximate surface area is 417 Å². The summed E-state index contributed by atoms with van der Waals surface area (Å²) < 4.78 is 0. The monoisotopic (exact) mass is 970 g/mol. The van der Waals surface area contributed by atoms with Crippen LogP contribution in [-0.4, -0.2) is 81.9 Å². The summed E-state index contributed by atoms with van der Waals surface area (Å²) in [5.41, 5.74) is 15.3. The Morgan fingerprint density at radius 2 is 0.931 bits per heavy atom. The molecular weight excluding hydrogens is 909 g/mol. The third kappa shape index (κ3) is 13.3. The quantitative estimate of drug-likeness (QED) is 0.0365. The molecule has 2 aromatic heterocycles. The number of rotatable bonds is 20. The topological polar surface area (TPSA) is 258 Å².